The van der Waals surface area contributed by atoms with Gasteiger partial charge in [-0.3, -0.25) is 4.79 Å². The van der Waals surface area contributed by atoms with Crippen molar-refractivity contribution < 1.29 is 9.53 Å². The molecule has 0 aromatic heterocycles. The molecule has 0 N–H and O–H groups in total. The fourth-order valence-corrected chi connectivity index (χ4v) is 2.05. The lowest BCUT2D eigenvalue weighted by Gasteiger charge is -2.04. The molecule has 0 aromatic rings. The fourth-order valence-electron chi connectivity index (χ4n) is 2.05. The monoisotopic (exact) mass is 268 g/mol. The molecule has 112 valence electrons. The van der Waals surface area contributed by atoms with Gasteiger partial charge in [0.05, 0.1) is 6.61 Å². The van der Waals surface area contributed by atoms with Gasteiger partial charge in [-0.25, -0.2) is 0 Å². The SMILES string of the molecule is C=CCCCCOC(=O)CCCCCCCCCC. The van der Waals surface area contributed by atoms with Crippen LogP contribution in [-0.4, -0.2) is 12.6 Å². The third kappa shape index (κ3) is 15.2. The first-order valence-corrected chi connectivity index (χ1v) is 8.07. The minimum absolute atomic E-state index is 0.0235. The van der Waals surface area contributed by atoms with Crippen molar-refractivity contribution in [1.82, 2.24) is 0 Å². The molecule has 0 spiro atoms. The van der Waals surface area contributed by atoms with Crippen molar-refractivity contribution in [3.05, 3.63) is 12.7 Å². The lowest BCUT2D eigenvalue weighted by atomic mass is 10.1. The van der Waals surface area contributed by atoms with E-state index >= 15 is 0 Å². The molecule has 2 heteroatoms. The number of carbonyl (C=O) groups excluding carboxylic acids is 1. The molecule has 2 nitrogen and oxygen atoms in total. The first kappa shape index (κ1) is 18.2. The molecule has 0 aliphatic heterocycles. The molecule has 0 radical (unpaired) electrons. The molecule has 0 aliphatic carbocycles. The summed E-state index contributed by atoms with van der Waals surface area (Å²) in [4.78, 5) is 11.4. The van der Waals surface area contributed by atoms with E-state index in [0.717, 1.165) is 32.1 Å². The standard InChI is InChI=1S/C17H32O2/c1-3-5-7-9-10-11-12-13-15-17(18)19-16-14-8-6-4-2/h4H,2-3,5-16H2,1H3. The first-order chi connectivity index (χ1) is 9.31. The minimum atomic E-state index is -0.0235. The molecule has 0 fully saturated rings. The molecule has 0 saturated heterocycles. The van der Waals surface area contributed by atoms with Crippen LogP contribution >= 0.6 is 0 Å². The van der Waals surface area contributed by atoms with Crippen molar-refractivity contribution in [2.45, 2.75) is 84.0 Å². The number of carbonyl (C=O) groups is 1. The average molecular weight is 268 g/mol. The van der Waals surface area contributed by atoms with Gasteiger partial charge < -0.3 is 4.74 Å². The molecule has 19 heavy (non-hydrogen) atoms. The number of hydrogen-bond acceptors (Lipinski definition) is 2. The molecule has 0 unspecified atom stereocenters. The lowest BCUT2D eigenvalue weighted by Crippen LogP contribution is -2.05. The number of unbranched alkanes of at least 4 members (excludes halogenated alkanes) is 9. The zero-order chi connectivity index (χ0) is 14.2. The Morgan fingerprint density at radius 3 is 2.21 bits per heavy atom. The Morgan fingerprint density at radius 1 is 0.947 bits per heavy atom. The van der Waals surface area contributed by atoms with E-state index in [1.807, 2.05) is 6.08 Å². The smallest absolute Gasteiger partial charge is 0.305 e. The number of ether oxygens (including phenoxy) is 1. The minimum Gasteiger partial charge on any atom is -0.466 e. The molecule has 0 aliphatic rings. The number of rotatable bonds is 14. The van der Waals surface area contributed by atoms with E-state index in [4.69, 9.17) is 4.74 Å². The zero-order valence-electron chi connectivity index (χ0n) is 12.8. The molecule has 0 atom stereocenters. The van der Waals surface area contributed by atoms with Gasteiger partial charge in [0.1, 0.15) is 0 Å². The van der Waals surface area contributed by atoms with Crippen molar-refractivity contribution in [2.75, 3.05) is 6.61 Å². The van der Waals surface area contributed by atoms with Gasteiger partial charge in [0.25, 0.3) is 0 Å². The number of esters is 1. The first-order valence-electron chi connectivity index (χ1n) is 8.07. The summed E-state index contributed by atoms with van der Waals surface area (Å²) in [6, 6.07) is 0. The highest BCUT2D eigenvalue weighted by Gasteiger charge is 2.01. The molecular formula is C17H32O2. The van der Waals surface area contributed by atoms with Gasteiger partial charge in [0.15, 0.2) is 0 Å². The van der Waals surface area contributed by atoms with E-state index in [2.05, 4.69) is 13.5 Å². The maximum Gasteiger partial charge on any atom is 0.305 e. The van der Waals surface area contributed by atoms with Crippen LogP contribution in [0.4, 0.5) is 0 Å². The van der Waals surface area contributed by atoms with Gasteiger partial charge in [0.2, 0.25) is 0 Å². The second-order valence-corrected chi connectivity index (χ2v) is 5.23. The largest absolute Gasteiger partial charge is 0.466 e. The highest BCUT2D eigenvalue weighted by atomic mass is 16.5. The van der Waals surface area contributed by atoms with Gasteiger partial charge in [-0.05, 0) is 25.7 Å². The Hall–Kier alpha value is -0.790. The second kappa shape index (κ2) is 15.3. The predicted octanol–water partition coefficient (Wildman–Crippen LogP) is 5.42. The van der Waals surface area contributed by atoms with Crippen molar-refractivity contribution in [3.8, 4) is 0 Å². The van der Waals surface area contributed by atoms with E-state index in [1.165, 1.54) is 38.5 Å². The Balaban J connectivity index is 3.13. The van der Waals surface area contributed by atoms with E-state index in [1.54, 1.807) is 0 Å². The topological polar surface area (TPSA) is 26.3 Å². The molecule has 0 amide bonds. The van der Waals surface area contributed by atoms with Gasteiger partial charge in [-0.15, -0.1) is 6.58 Å². The molecule has 0 bridgehead atoms. The van der Waals surface area contributed by atoms with Crippen LogP contribution < -0.4 is 0 Å². The highest BCUT2D eigenvalue weighted by Crippen LogP contribution is 2.10. The normalized spacial score (nSPS) is 10.4. The van der Waals surface area contributed by atoms with E-state index in [-0.39, 0.29) is 5.97 Å². The highest BCUT2D eigenvalue weighted by molar-refractivity contribution is 5.69. The predicted molar refractivity (Wildman–Crippen MR) is 82.2 cm³/mol. The van der Waals surface area contributed by atoms with Crippen molar-refractivity contribution in [3.63, 3.8) is 0 Å². The Bertz CT molecular complexity index is 211. The third-order valence-corrected chi connectivity index (χ3v) is 3.30. The molecule has 0 saturated carbocycles. The summed E-state index contributed by atoms with van der Waals surface area (Å²) in [6.07, 6.45) is 15.6. The van der Waals surface area contributed by atoms with Gasteiger partial charge in [-0.2, -0.15) is 0 Å². The third-order valence-electron chi connectivity index (χ3n) is 3.30. The zero-order valence-corrected chi connectivity index (χ0v) is 12.8. The Kier molecular flexibility index (Phi) is 14.6. The summed E-state index contributed by atoms with van der Waals surface area (Å²) in [5, 5.41) is 0. The molecule has 0 rings (SSSR count). The maximum atomic E-state index is 11.4. The molecule has 0 heterocycles. The van der Waals surface area contributed by atoms with Gasteiger partial charge >= 0.3 is 5.97 Å². The summed E-state index contributed by atoms with van der Waals surface area (Å²) < 4.78 is 5.18. The lowest BCUT2D eigenvalue weighted by molar-refractivity contribution is -0.143. The quantitative estimate of drug-likeness (QED) is 0.239. The van der Waals surface area contributed by atoms with Crippen LogP contribution in [0.1, 0.15) is 84.0 Å². The van der Waals surface area contributed by atoms with E-state index < -0.39 is 0 Å². The Morgan fingerprint density at radius 2 is 1.58 bits per heavy atom. The van der Waals surface area contributed by atoms with Crippen LogP contribution in [0.3, 0.4) is 0 Å². The summed E-state index contributed by atoms with van der Waals surface area (Å²) in [5.74, 6) is -0.0235. The number of allylic oxidation sites excluding steroid dienone is 1. The van der Waals surface area contributed by atoms with E-state index in [0.29, 0.717) is 13.0 Å². The summed E-state index contributed by atoms with van der Waals surface area (Å²) in [5.41, 5.74) is 0. The van der Waals surface area contributed by atoms with Crippen molar-refractivity contribution in [2.24, 2.45) is 0 Å². The second-order valence-electron chi connectivity index (χ2n) is 5.23. The molecule has 0 aromatic carbocycles. The van der Waals surface area contributed by atoms with E-state index in [9.17, 15) is 4.79 Å². The maximum absolute atomic E-state index is 11.4. The van der Waals surface area contributed by atoms with Crippen LogP contribution in [0.5, 0.6) is 0 Å². The fraction of sp³-hybridized carbons (Fsp3) is 0.824. The number of hydrogen-bond donors (Lipinski definition) is 0. The van der Waals surface area contributed by atoms with Crippen LogP contribution in [0, 0.1) is 0 Å². The molecular weight excluding hydrogens is 236 g/mol. The van der Waals surface area contributed by atoms with Crippen LogP contribution in [0.2, 0.25) is 0 Å². The summed E-state index contributed by atoms with van der Waals surface area (Å²) in [6.45, 7) is 6.48. The summed E-state index contributed by atoms with van der Waals surface area (Å²) >= 11 is 0. The van der Waals surface area contributed by atoms with Crippen molar-refractivity contribution in [1.29, 1.82) is 0 Å². The van der Waals surface area contributed by atoms with Gasteiger partial charge in [0, 0.05) is 6.42 Å². The summed E-state index contributed by atoms with van der Waals surface area (Å²) in [7, 11) is 0. The Labute approximate surface area is 119 Å². The van der Waals surface area contributed by atoms with Crippen LogP contribution in [-0.2, 0) is 9.53 Å². The van der Waals surface area contributed by atoms with Crippen LogP contribution in [0.25, 0.3) is 0 Å². The van der Waals surface area contributed by atoms with Crippen LogP contribution in [0.15, 0.2) is 12.7 Å². The van der Waals surface area contributed by atoms with Crippen molar-refractivity contribution >= 4 is 5.97 Å². The average Bonchev–Trinajstić information content (AvgIpc) is 2.41. The van der Waals surface area contributed by atoms with Gasteiger partial charge in [-0.1, -0.05) is 57.9 Å².